The fourth-order valence-electron chi connectivity index (χ4n) is 2.66. The number of anilines is 1. The molecule has 1 aliphatic rings. The molecular weight excluding hydrogens is 352 g/mol. The van der Waals surface area contributed by atoms with Crippen LogP contribution in [0.2, 0.25) is 0 Å². The summed E-state index contributed by atoms with van der Waals surface area (Å²) in [7, 11) is 0. The first-order valence-corrected chi connectivity index (χ1v) is 7.26. The Morgan fingerprint density at radius 2 is 1.95 bits per heavy atom. The molecule has 3 N–H and O–H groups in total. The number of carboxylic acid groups (broad SMARTS) is 1. The van der Waals surface area contributed by atoms with Crippen molar-refractivity contribution in [2.45, 2.75) is 11.6 Å². The molecule has 6 nitrogen and oxygen atoms in total. The smallest absolute Gasteiger partial charge is 0.377 e. The molecule has 112 valence electrons. The van der Waals surface area contributed by atoms with Gasteiger partial charge in [0.05, 0.1) is 0 Å². The number of hydrogen-bond donors (Lipinski definition) is 3. The molecule has 2 atom stereocenters. The van der Waals surface area contributed by atoms with Crippen molar-refractivity contribution in [1.29, 1.82) is 0 Å². The molecule has 1 aromatic carbocycles. The first-order chi connectivity index (χ1) is 10.4. The van der Waals surface area contributed by atoms with Crippen molar-refractivity contribution < 1.29 is 24.4 Å². The lowest BCUT2D eigenvalue weighted by Crippen LogP contribution is -2.57. The molecule has 7 heteroatoms. The monoisotopic (exact) mass is 363 g/mol. The lowest BCUT2D eigenvalue weighted by molar-refractivity contribution is -0.723. The van der Waals surface area contributed by atoms with E-state index in [9.17, 15) is 19.8 Å². The highest BCUT2D eigenvalue weighted by Crippen LogP contribution is 2.42. The van der Waals surface area contributed by atoms with Gasteiger partial charge in [-0.25, -0.2) is 4.79 Å². The zero-order chi connectivity index (χ0) is 15.9. The topological polar surface area (TPSA) is 90.5 Å². The van der Waals surface area contributed by atoms with E-state index in [2.05, 4.69) is 21.2 Å². The van der Waals surface area contributed by atoms with Crippen LogP contribution in [0, 0.1) is 0 Å². The summed E-state index contributed by atoms with van der Waals surface area (Å²) >= 11 is 3.27. The van der Waals surface area contributed by atoms with Crippen LogP contribution in [-0.2, 0) is 15.2 Å². The van der Waals surface area contributed by atoms with Crippen molar-refractivity contribution in [3.05, 3.63) is 58.8 Å². The number of carbonyl (C=O) groups is 2. The molecule has 3 rings (SSSR count). The fourth-order valence-corrected chi connectivity index (χ4v) is 3.02. The van der Waals surface area contributed by atoms with E-state index in [4.69, 9.17) is 0 Å². The quantitative estimate of drug-likeness (QED) is 0.714. The molecule has 0 fully saturated rings. The van der Waals surface area contributed by atoms with E-state index in [1.54, 1.807) is 36.4 Å². The lowest BCUT2D eigenvalue weighted by Gasteiger charge is -2.23. The number of carbonyl (C=O) groups excluding carboxylic acids is 1. The van der Waals surface area contributed by atoms with Crippen molar-refractivity contribution in [3.8, 4) is 0 Å². The molecule has 22 heavy (non-hydrogen) atoms. The lowest BCUT2D eigenvalue weighted by atomic mass is 9.87. The predicted octanol–water partition coefficient (Wildman–Crippen LogP) is 1.20. The summed E-state index contributed by atoms with van der Waals surface area (Å²) < 4.78 is 1.95. The number of halogens is 1. The third kappa shape index (κ3) is 2.10. The highest BCUT2D eigenvalue weighted by atomic mass is 79.9. The SMILES string of the molecule is O=C(O)C([n+]1ccccc1)C1(O)C(=O)Nc2ccc(Br)cc21. The number of nitrogens with one attached hydrogen (secondary N) is 1. The molecule has 2 aromatic rings. The molecule has 0 bridgehead atoms. The third-order valence-electron chi connectivity index (χ3n) is 3.65. The summed E-state index contributed by atoms with van der Waals surface area (Å²) in [6.45, 7) is 0. The van der Waals surface area contributed by atoms with Gasteiger partial charge in [-0.1, -0.05) is 22.0 Å². The normalized spacial score (nSPS) is 21.1. The zero-order valence-corrected chi connectivity index (χ0v) is 12.8. The van der Waals surface area contributed by atoms with E-state index in [1.807, 2.05) is 0 Å². The van der Waals surface area contributed by atoms with Crippen LogP contribution < -0.4 is 9.88 Å². The predicted molar refractivity (Wildman–Crippen MR) is 80.0 cm³/mol. The number of nitrogens with zero attached hydrogens (tertiary/aromatic N) is 1. The van der Waals surface area contributed by atoms with E-state index >= 15 is 0 Å². The number of fused-ring (bicyclic) bond motifs is 1. The Labute approximate surface area is 134 Å². The van der Waals surface area contributed by atoms with Crippen molar-refractivity contribution in [2.75, 3.05) is 5.32 Å². The Bertz CT molecular complexity index is 765. The second kappa shape index (κ2) is 5.19. The zero-order valence-electron chi connectivity index (χ0n) is 11.2. The van der Waals surface area contributed by atoms with Crippen LogP contribution in [0.4, 0.5) is 5.69 Å². The van der Waals surface area contributed by atoms with Crippen LogP contribution >= 0.6 is 15.9 Å². The number of aliphatic hydroxyl groups is 1. The first-order valence-electron chi connectivity index (χ1n) is 6.47. The second-order valence-corrected chi connectivity index (χ2v) is 5.89. The summed E-state index contributed by atoms with van der Waals surface area (Å²) in [5.74, 6) is -2.06. The van der Waals surface area contributed by atoms with E-state index in [0.29, 0.717) is 10.2 Å². The van der Waals surface area contributed by atoms with Gasteiger partial charge in [-0.2, -0.15) is 4.57 Å². The Morgan fingerprint density at radius 1 is 1.27 bits per heavy atom. The summed E-state index contributed by atoms with van der Waals surface area (Å²) in [4.78, 5) is 24.1. The van der Waals surface area contributed by atoms with Crippen LogP contribution in [0.25, 0.3) is 0 Å². The number of aliphatic carboxylic acids is 1. The number of benzene rings is 1. The fraction of sp³-hybridized carbons (Fsp3) is 0.133. The van der Waals surface area contributed by atoms with Crippen LogP contribution in [0.15, 0.2) is 53.3 Å². The van der Waals surface area contributed by atoms with Gasteiger partial charge in [-0.15, -0.1) is 0 Å². The number of aromatic nitrogens is 1. The van der Waals surface area contributed by atoms with Gasteiger partial charge in [0, 0.05) is 27.9 Å². The molecule has 2 heterocycles. The number of pyridine rings is 1. The van der Waals surface area contributed by atoms with Gasteiger partial charge in [-0.3, -0.25) is 4.79 Å². The first kappa shape index (κ1) is 14.7. The van der Waals surface area contributed by atoms with Crippen LogP contribution in [0.5, 0.6) is 0 Å². The maximum absolute atomic E-state index is 12.3. The van der Waals surface area contributed by atoms with Crippen molar-refractivity contribution >= 4 is 33.5 Å². The largest absolute Gasteiger partial charge is 0.476 e. The van der Waals surface area contributed by atoms with Gasteiger partial charge in [0.1, 0.15) is 0 Å². The molecule has 0 saturated heterocycles. The van der Waals surface area contributed by atoms with E-state index in [1.165, 1.54) is 17.0 Å². The van der Waals surface area contributed by atoms with Crippen molar-refractivity contribution in [3.63, 3.8) is 0 Å². The summed E-state index contributed by atoms with van der Waals surface area (Å²) in [6.07, 6.45) is 3.00. The summed E-state index contributed by atoms with van der Waals surface area (Å²) in [5, 5.41) is 23.1. The van der Waals surface area contributed by atoms with Gasteiger partial charge >= 0.3 is 5.97 Å². The Kier molecular flexibility index (Phi) is 3.46. The number of amides is 1. The summed E-state index contributed by atoms with van der Waals surface area (Å²) in [5.41, 5.74) is -1.56. The van der Waals surface area contributed by atoms with Gasteiger partial charge in [-0.05, 0) is 18.2 Å². The van der Waals surface area contributed by atoms with Crippen molar-refractivity contribution in [2.24, 2.45) is 0 Å². The van der Waals surface area contributed by atoms with Crippen LogP contribution in [0.1, 0.15) is 11.6 Å². The Hall–Kier alpha value is -2.25. The summed E-state index contributed by atoms with van der Waals surface area (Å²) in [6, 6.07) is 8.37. The minimum Gasteiger partial charge on any atom is -0.476 e. The van der Waals surface area contributed by atoms with Crippen molar-refractivity contribution in [1.82, 2.24) is 0 Å². The molecule has 1 amide bonds. The standard InChI is InChI=1S/C15H11BrN2O4/c16-9-4-5-11-10(8-9)15(22,14(21)17-11)12(13(19)20)18-6-2-1-3-7-18/h1-8,12,22H,(H-,17,19,20,21)/p+1. The van der Waals surface area contributed by atoms with Gasteiger partial charge in [0.15, 0.2) is 12.4 Å². The van der Waals surface area contributed by atoms with E-state index < -0.39 is 23.5 Å². The highest BCUT2D eigenvalue weighted by molar-refractivity contribution is 9.10. The molecule has 1 aliphatic heterocycles. The third-order valence-corrected chi connectivity index (χ3v) is 4.15. The van der Waals surface area contributed by atoms with Gasteiger partial charge < -0.3 is 15.5 Å². The Balaban J connectivity index is 2.22. The molecule has 2 unspecified atom stereocenters. The molecule has 0 spiro atoms. The molecule has 0 radical (unpaired) electrons. The second-order valence-electron chi connectivity index (χ2n) is 4.97. The van der Waals surface area contributed by atoms with Crippen LogP contribution in [0.3, 0.4) is 0 Å². The minimum atomic E-state index is -2.20. The maximum Gasteiger partial charge on any atom is 0.377 e. The molecular formula is C15H12BrN2O4+. The molecule has 0 aliphatic carbocycles. The maximum atomic E-state index is 12.3. The number of rotatable bonds is 3. The van der Waals surface area contributed by atoms with E-state index in [0.717, 1.165) is 0 Å². The Morgan fingerprint density at radius 3 is 2.59 bits per heavy atom. The highest BCUT2D eigenvalue weighted by Gasteiger charge is 2.60. The average Bonchev–Trinajstić information content (AvgIpc) is 2.72. The van der Waals surface area contributed by atoms with Crippen LogP contribution in [-0.4, -0.2) is 22.1 Å². The number of carboxylic acids is 1. The van der Waals surface area contributed by atoms with E-state index in [-0.39, 0.29) is 5.56 Å². The molecule has 1 aromatic heterocycles. The number of hydrogen-bond acceptors (Lipinski definition) is 3. The van der Waals surface area contributed by atoms with Gasteiger partial charge in [0.25, 0.3) is 11.9 Å². The van der Waals surface area contributed by atoms with Gasteiger partial charge in [0.2, 0.25) is 5.60 Å². The average molecular weight is 364 g/mol. The molecule has 0 saturated carbocycles. The minimum absolute atomic E-state index is 0.232.